The van der Waals surface area contributed by atoms with Gasteiger partial charge in [-0.15, -0.1) is 0 Å². The third-order valence-corrected chi connectivity index (χ3v) is 4.78. The average Bonchev–Trinajstić information content (AvgIpc) is 2.80. The predicted octanol–water partition coefficient (Wildman–Crippen LogP) is 4.78. The SMILES string of the molecule is CCOc1ccc(NC(=O)c2ccccc2NC(=S)NC(=O)CCc2ccccc2)cc1. The monoisotopic (exact) mass is 447 g/mol. The molecule has 3 aromatic carbocycles. The highest BCUT2D eigenvalue weighted by atomic mass is 32.1. The van der Waals surface area contributed by atoms with Gasteiger partial charge in [-0.1, -0.05) is 42.5 Å². The van der Waals surface area contributed by atoms with Gasteiger partial charge in [0.05, 0.1) is 17.9 Å². The Bertz CT molecular complexity index is 1070. The fourth-order valence-corrected chi connectivity index (χ4v) is 3.26. The van der Waals surface area contributed by atoms with E-state index in [-0.39, 0.29) is 16.9 Å². The molecule has 0 radical (unpaired) electrons. The molecule has 0 bridgehead atoms. The zero-order chi connectivity index (χ0) is 22.8. The van der Waals surface area contributed by atoms with E-state index in [0.29, 0.717) is 36.4 Å². The number of amides is 2. The minimum atomic E-state index is -0.296. The third kappa shape index (κ3) is 6.92. The summed E-state index contributed by atoms with van der Waals surface area (Å²) in [4.78, 5) is 25.0. The highest BCUT2D eigenvalue weighted by Crippen LogP contribution is 2.19. The first-order valence-electron chi connectivity index (χ1n) is 10.3. The summed E-state index contributed by atoms with van der Waals surface area (Å²) in [5, 5.41) is 8.62. The summed E-state index contributed by atoms with van der Waals surface area (Å²) >= 11 is 5.27. The topological polar surface area (TPSA) is 79.5 Å². The van der Waals surface area contributed by atoms with Crippen molar-refractivity contribution in [1.29, 1.82) is 0 Å². The fourth-order valence-electron chi connectivity index (χ4n) is 3.03. The number of aryl methyl sites for hydroxylation is 1. The van der Waals surface area contributed by atoms with Gasteiger partial charge >= 0.3 is 0 Å². The van der Waals surface area contributed by atoms with Crippen LogP contribution in [0.5, 0.6) is 5.75 Å². The molecule has 3 aromatic rings. The number of carbonyl (C=O) groups is 2. The lowest BCUT2D eigenvalue weighted by atomic mass is 10.1. The van der Waals surface area contributed by atoms with E-state index in [1.165, 1.54) is 0 Å². The van der Waals surface area contributed by atoms with Crippen LogP contribution in [0, 0.1) is 0 Å². The lowest BCUT2D eigenvalue weighted by Gasteiger charge is -2.14. The van der Waals surface area contributed by atoms with Gasteiger partial charge in [0.15, 0.2) is 5.11 Å². The van der Waals surface area contributed by atoms with Crippen molar-refractivity contribution in [2.45, 2.75) is 19.8 Å². The molecule has 0 saturated heterocycles. The van der Waals surface area contributed by atoms with E-state index in [4.69, 9.17) is 17.0 Å². The standard InChI is InChI=1S/C25H25N3O3S/c1-2-31-20-15-13-19(14-16-20)26-24(30)21-10-6-7-11-22(21)27-25(32)28-23(29)17-12-18-8-4-3-5-9-18/h3-11,13-16H,2,12,17H2,1H3,(H,26,30)(H2,27,28,29,32). The first kappa shape index (κ1) is 23.0. The van der Waals surface area contributed by atoms with Crippen LogP contribution < -0.4 is 20.7 Å². The van der Waals surface area contributed by atoms with Crippen LogP contribution in [0.2, 0.25) is 0 Å². The molecule has 0 heterocycles. The smallest absolute Gasteiger partial charge is 0.257 e. The number of anilines is 2. The maximum atomic E-state index is 12.8. The van der Waals surface area contributed by atoms with Crippen molar-refractivity contribution in [2.24, 2.45) is 0 Å². The number of carbonyl (C=O) groups excluding carboxylic acids is 2. The minimum Gasteiger partial charge on any atom is -0.494 e. The number of rotatable bonds is 8. The Morgan fingerprint density at radius 2 is 1.56 bits per heavy atom. The second kappa shape index (κ2) is 11.6. The normalized spacial score (nSPS) is 10.2. The molecule has 0 aliphatic carbocycles. The van der Waals surface area contributed by atoms with Gasteiger partial charge in [-0.25, -0.2) is 0 Å². The first-order valence-corrected chi connectivity index (χ1v) is 10.7. The zero-order valence-electron chi connectivity index (χ0n) is 17.8. The van der Waals surface area contributed by atoms with E-state index in [2.05, 4.69) is 16.0 Å². The molecule has 3 rings (SSSR count). The second-order valence-electron chi connectivity index (χ2n) is 6.94. The van der Waals surface area contributed by atoms with Crippen LogP contribution in [0.15, 0.2) is 78.9 Å². The molecule has 3 N–H and O–H groups in total. The quantitative estimate of drug-likeness (QED) is 0.433. The number of ether oxygens (including phenoxy) is 1. The van der Waals surface area contributed by atoms with E-state index in [1.54, 1.807) is 48.5 Å². The molecule has 0 spiro atoms. The molecule has 6 nitrogen and oxygen atoms in total. The lowest BCUT2D eigenvalue weighted by Crippen LogP contribution is -2.34. The molecule has 0 aromatic heterocycles. The van der Waals surface area contributed by atoms with Gasteiger partial charge in [0.2, 0.25) is 5.91 Å². The molecule has 32 heavy (non-hydrogen) atoms. The summed E-state index contributed by atoms with van der Waals surface area (Å²) in [6.07, 6.45) is 0.933. The van der Waals surface area contributed by atoms with Gasteiger partial charge in [-0.05, 0) is 67.5 Å². The van der Waals surface area contributed by atoms with Crippen molar-refractivity contribution in [2.75, 3.05) is 17.2 Å². The molecular weight excluding hydrogens is 422 g/mol. The number of hydrogen-bond acceptors (Lipinski definition) is 4. The Labute approximate surface area is 193 Å². The van der Waals surface area contributed by atoms with Crippen molar-refractivity contribution in [3.8, 4) is 5.75 Å². The number of thiocarbonyl (C=S) groups is 1. The van der Waals surface area contributed by atoms with Crippen LogP contribution in [0.3, 0.4) is 0 Å². The summed E-state index contributed by atoms with van der Waals surface area (Å²) in [6, 6.07) is 23.9. The Hall–Kier alpha value is -3.71. The summed E-state index contributed by atoms with van der Waals surface area (Å²) in [5.74, 6) is 0.249. The Morgan fingerprint density at radius 3 is 2.28 bits per heavy atom. The first-order chi connectivity index (χ1) is 15.5. The number of para-hydroxylation sites is 1. The average molecular weight is 448 g/mol. The van der Waals surface area contributed by atoms with Crippen LogP contribution in [-0.4, -0.2) is 23.5 Å². The predicted molar refractivity (Wildman–Crippen MR) is 131 cm³/mol. The van der Waals surface area contributed by atoms with Crippen LogP contribution in [0.25, 0.3) is 0 Å². The van der Waals surface area contributed by atoms with Crippen LogP contribution >= 0.6 is 12.2 Å². The van der Waals surface area contributed by atoms with Gasteiger partial charge in [-0.3, -0.25) is 9.59 Å². The van der Waals surface area contributed by atoms with Crippen molar-refractivity contribution < 1.29 is 14.3 Å². The van der Waals surface area contributed by atoms with E-state index < -0.39 is 0 Å². The van der Waals surface area contributed by atoms with Gasteiger partial charge in [0, 0.05) is 12.1 Å². The Balaban J connectivity index is 1.57. The zero-order valence-corrected chi connectivity index (χ0v) is 18.6. The lowest BCUT2D eigenvalue weighted by molar-refractivity contribution is -0.119. The molecule has 0 saturated carbocycles. The van der Waals surface area contributed by atoms with Gasteiger partial charge in [0.25, 0.3) is 5.91 Å². The summed E-state index contributed by atoms with van der Waals surface area (Å²) in [6.45, 7) is 2.49. The maximum absolute atomic E-state index is 12.8. The maximum Gasteiger partial charge on any atom is 0.257 e. The largest absolute Gasteiger partial charge is 0.494 e. The number of hydrogen-bond donors (Lipinski definition) is 3. The van der Waals surface area contributed by atoms with Crippen molar-refractivity contribution in [3.63, 3.8) is 0 Å². The summed E-state index contributed by atoms with van der Waals surface area (Å²) in [7, 11) is 0. The van der Waals surface area contributed by atoms with E-state index in [1.807, 2.05) is 37.3 Å². The minimum absolute atomic E-state index is 0.143. The molecule has 2 amide bonds. The van der Waals surface area contributed by atoms with Gasteiger partial charge in [-0.2, -0.15) is 0 Å². The van der Waals surface area contributed by atoms with Crippen molar-refractivity contribution in [1.82, 2.24) is 5.32 Å². The van der Waals surface area contributed by atoms with E-state index in [0.717, 1.165) is 11.3 Å². The van der Waals surface area contributed by atoms with Crippen LogP contribution in [0.4, 0.5) is 11.4 Å². The van der Waals surface area contributed by atoms with Crippen molar-refractivity contribution >= 4 is 40.5 Å². The Kier molecular flexibility index (Phi) is 8.34. The van der Waals surface area contributed by atoms with Gasteiger partial charge in [0.1, 0.15) is 5.75 Å². The molecule has 0 unspecified atom stereocenters. The highest BCUT2D eigenvalue weighted by Gasteiger charge is 2.13. The Morgan fingerprint density at radius 1 is 0.875 bits per heavy atom. The van der Waals surface area contributed by atoms with E-state index in [9.17, 15) is 9.59 Å². The fraction of sp³-hybridized carbons (Fsp3) is 0.160. The highest BCUT2D eigenvalue weighted by molar-refractivity contribution is 7.80. The molecule has 0 aliphatic rings. The molecule has 0 aliphatic heterocycles. The van der Waals surface area contributed by atoms with E-state index >= 15 is 0 Å². The molecular formula is C25H25N3O3S. The molecule has 7 heteroatoms. The van der Waals surface area contributed by atoms with Crippen LogP contribution in [0.1, 0.15) is 29.3 Å². The van der Waals surface area contributed by atoms with Crippen molar-refractivity contribution in [3.05, 3.63) is 90.0 Å². The van der Waals surface area contributed by atoms with Gasteiger partial charge < -0.3 is 20.7 Å². The third-order valence-electron chi connectivity index (χ3n) is 4.58. The molecule has 0 fully saturated rings. The number of nitrogens with one attached hydrogen (secondary N) is 3. The summed E-state index contributed by atoms with van der Waals surface area (Å²) in [5.41, 5.74) is 2.63. The molecule has 0 atom stereocenters. The second-order valence-corrected chi connectivity index (χ2v) is 7.35. The number of benzene rings is 3. The molecule has 164 valence electrons. The summed E-state index contributed by atoms with van der Waals surface area (Å²) < 4.78 is 5.42. The van der Waals surface area contributed by atoms with Crippen LogP contribution in [-0.2, 0) is 11.2 Å².